The molecule has 5 rings (SSSR count). The van der Waals surface area contributed by atoms with Crippen LogP contribution in [0.5, 0.6) is 23.0 Å². The number of ether oxygens (including phenoxy) is 4. The van der Waals surface area contributed by atoms with Crippen LogP contribution in [0.2, 0.25) is 5.02 Å². The molecule has 2 heterocycles. The second-order valence-electron chi connectivity index (χ2n) is 8.01. The fraction of sp³-hybridized carbons (Fsp3) is 0.154. The summed E-state index contributed by atoms with van der Waals surface area (Å²) in [6, 6.07) is 12.9. The Morgan fingerprint density at radius 3 is 2.59 bits per heavy atom. The number of thioether (sulfide) groups is 1. The molecule has 1 saturated heterocycles. The molecule has 0 atom stereocenters. The zero-order valence-corrected chi connectivity index (χ0v) is 23.0. The summed E-state index contributed by atoms with van der Waals surface area (Å²) in [5.41, 5.74) is 2.05. The lowest BCUT2D eigenvalue weighted by atomic mass is 10.1. The van der Waals surface area contributed by atoms with Crippen molar-refractivity contribution in [2.24, 2.45) is 0 Å². The Balaban J connectivity index is 1.34. The Bertz CT molecular complexity index is 1430. The van der Waals surface area contributed by atoms with Gasteiger partial charge in [0, 0.05) is 11.1 Å². The number of carbonyl (C=O) groups excluding carboxylic acids is 2. The summed E-state index contributed by atoms with van der Waals surface area (Å²) in [6.07, 6.45) is 1.64. The Kier molecular flexibility index (Phi) is 7.50. The van der Waals surface area contributed by atoms with Crippen LogP contribution in [0.1, 0.15) is 16.7 Å². The van der Waals surface area contributed by atoms with E-state index in [1.807, 2.05) is 6.07 Å². The molecule has 2 aliphatic heterocycles. The highest BCUT2D eigenvalue weighted by Gasteiger charge is 2.36. The van der Waals surface area contributed by atoms with Crippen molar-refractivity contribution in [3.05, 3.63) is 84.5 Å². The van der Waals surface area contributed by atoms with Crippen molar-refractivity contribution in [3.8, 4) is 23.0 Å². The predicted molar refractivity (Wildman–Crippen MR) is 146 cm³/mol. The molecule has 37 heavy (non-hydrogen) atoms. The number of nitrogens with zero attached hydrogens (tertiary/aromatic N) is 1. The first kappa shape index (κ1) is 25.7. The van der Waals surface area contributed by atoms with Crippen molar-refractivity contribution in [2.75, 3.05) is 13.9 Å². The Morgan fingerprint density at radius 2 is 1.86 bits per heavy atom. The number of amides is 2. The van der Waals surface area contributed by atoms with Crippen molar-refractivity contribution < 1.29 is 32.9 Å². The standard InChI is InChI=1S/C26H18ClFINO6S/c1-33-22-7-15(6-19(29)24(22)34-12-14-2-4-17(28)5-3-14)8-23-25(31)30(26(32)37-23)11-16-9-20-21(10-18(16)27)36-13-35-20/h2-10H,11-13H2,1H3/b23-8-. The summed E-state index contributed by atoms with van der Waals surface area (Å²) in [5.74, 6) is 1.29. The molecule has 0 saturated carbocycles. The number of rotatable bonds is 7. The van der Waals surface area contributed by atoms with Crippen LogP contribution < -0.4 is 18.9 Å². The molecule has 3 aromatic rings. The van der Waals surface area contributed by atoms with Gasteiger partial charge in [-0.05, 0) is 87.5 Å². The molecule has 0 spiro atoms. The van der Waals surface area contributed by atoms with Gasteiger partial charge < -0.3 is 18.9 Å². The summed E-state index contributed by atoms with van der Waals surface area (Å²) >= 11 is 9.31. The maximum atomic E-state index is 13.2. The molecule has 2 aliphatic rings. The third kappa shape index (κ3) is 5.51. The highest BCUT2D eigenvalue weighted by molar-refractivity contribution is 14.1. The first-order chi connectivity index (χ1) is 17.8. The second kappa shape index (κ2) is 10.8. The van der Waals surface area contributed by atoms with Gasteiger partial charge in [0.05, 0.1) is 22.1 Å². The monoisotopic (exact) mass is 653 g/mol. The summed E-state index contributed by atoms with van der Waals surface area (Å²) < 4.78 is 36.0. The van der Waals surface area contributed by atoms with Gasteiger partial charge in [-0.3, -0.25) is 14.5 Å². The Hall–Kier alpha value is -2.96. The smallest absolute Gasteiger partial charge is 0.293 e. The van der Waals surface area contributed by atoms with Crippen LogP contribution in [0, 0.1) is 9.39 Å². The number of benzene rings is 3. The Labute approximate surface area is 234 Å². The molecule has 0 aliphatic carbocycles. The highest BCUT2D eigenvalue weighted by atomic mass is 127. The number of carbonyl (C=O) groups is 2. The van der Waals surface area contributed by atoms with Crippen LogP contribution in [0.25, 0.3) is 6.08 Å². The fourth-order valence-electron chi connectivity index (χ4n) is 3.74. The van der Waals surface area contributed by atoms with Gasteiger partial charge in [0.1, 0.15) is 12.4 Å². The van der Waals surface area contributed by atoms with E-state index in [9.17, 15) is 14.0 Å². The molecular weight excluding hydrogens is 636 g/mol. The molecule has 0 bridgehead atoms. The van der Waals surface area contributed by atoms with Gasteiger partial charge in [-0.25, -0.2) is 4.39 Å². The molecule has 0 N–H and O–H groups in total. The zero-order chi connectivity index (χ0) is 26.1. The third-order valence-corrected chi connectivity index (χ3v) is 7.65. The topological polar surface area (TPSA) is 74.3 Å². The number of fused-ring (bicyclic) bond motifs is 1. The summed E-state index contributed by atoms with van der Waals surface area (Å²) in [4.78, 5) is 27.2. The molecule has 0 radical (unpaired) electrons. The summed E-state index contributed by atoms with van der Waals surface area (Å²) in [7, 11) is 1.52. The van der Waals surface area contributed by atoms with Gasteiger partial charge in [0.2, 0.25) is 6.79 Å². The largest absolute Gasteiger partial charge is 0.493 e. The molecule has 2 amide bonds. The highest BCUT2D eigenvalue weighted by Crippen LogP contribution is 2.40. The average Bonchev–Trinajstić information content (AvgIpc) is 3.43. The van der Waals surface area contributed by atoms with Crippen LogP contribution in [-0.2, 0) is 17.9 Å². The molecule has 190 valence electrons. The minimum absolute atomic E-state index is 0.00843. The number of hydrogen-bond acceptors (Lipinski definition) is 7. The molecule has 7 nitrogen and oxygen atoms in total. The van der Waals surface area contributed by atoms with E-state index in [1.54, 1.807) is 36.4 Å². The minimum atomic E-state index is -0.422. The lowest BCUT2D eigenvalue weighted by Crippen LogP contribution is -2.27. The third-order valence-electron chi connectivity index (χ3n) is 5.59. The fourth-order valence-corrected chi connectivity index (χ4v) is 5.57. The van der Waals surface area contributed by atoms with E-state index in [-0.39, 0.29) is 30.7 Å². The molecule has 0 unspecified atom stereocenters. The zero-order valence-electron chi connectivity index (χ0n) is 19.3. The lowest BCUT2D eigenvalue weighted by Gasteiger charge is -2.14. The van der Waals surface area contributed by atoms with Crippen LogP contribution in [0.3, 0.4) is 0 Å². The molecule has 11 heteroatoms. The van der Waals surface area contributed by atoms with E-state index in [0.29, 0.717) is 39.1 Å². The second-order valence-corrected chi connectivity index (χ2v) is 10.6. The van der Waals surface area contributed by atoms with E-state index in [0.717, 1.165) is 25.8 Å². The first-order valence-corrected chi connectivity index (χ1v) is 13.2. The van der Waals surface area contributed by atoms with E-state index in [4.69, 9.17) is 30.5 Å². The predicted octanol–water partition coefficient (Wildman–Crippen LogP) is 6.64. The quantitative estimate of drug-likeness (QED) is 0.209. The number of methoxy groups -OCH3 is 1. The van der Waals surface area contributed by atoms with Crippen molar-refractivity contribution >= 4 is 63.2 Å². The van der Waals surface area contributed by atoms with Gasteiger partial charge in [-0.15, -0.1) is 0 Å². The van der Waals surface area contributed by atoms with Gasteiger partial charge in [-0.2, -0.15) is 0 Å². The maximum absolute atomic E-state index is 13.2. The van der Waals surface area contributed by atoms with Crippen LogP contribution in [-0.4, -0.2) is 29.9 Å². The summed E-state index contributed by atoms with van der Waals surface area (Å²) in [6.45, 7) is 0.333. The van der Waals surface area contributed by atoms with Crippen LogP contribution >= 0.6 is 46.0 Å². The Morgan fingerprint density at radius 1 is 1.14 bits per heavy atom. The SMILES string of the molecule is COc1cc(/C=C2\SC(=O)N(Cc3cc4c(cc3Cl)OCO4)C2=O)cc(I)c1OCc1ccc(F)cc1. The number of halogens is 3. The lowest BCUT2D eigenvalue weighted by molar-refractivity contribution is -0.123. The maximum Gasteiger partial charge on any atom is 0.293 e. The van der Waals surface area contributed by atoms with Crippen LogP contribution in [0.15, 0.2) is 53.4 Å². The van der Waals surface area contributed by atoms with Gasteiger partial charge in [-0.1, -0.05) is 23.7 Å². The van der Waals surface area contributed by atoms with Crippen molar-refractivity contribution in [1.82, 2.24) is 4.90 Å². The van der Waals surface area contributed by atoms with Crippen molar-refractivity contribution in [1.29, 1.82) is 0 Å². The van der Waals surface area contributed by atoms with E-state index < -0.39 is 11.1 Å². The normalized spacial score (nSPS) is 15.6. The van der Waals surface area contributed by atoms with E-state index in [1.165, 1.54) is 19.2 Å². The molecular formula is C26H18ClFINO6S. The van der Waals surface area contributed by atoms with Gasteiger partial charge in [0.25, 0.3) is 11.1 Å². The number of hydrogen-bond donors (Lipinski definition) is 0. The van der Waals surface area contributed by atoms with E-state index >= 15 is 0 Å². The first-order valence-electron chi connectivity index (χ1n) is 10.9. The minimum Gasteiger partial charge on any atom is -0.493 e. The van der Waals surface area contributed by atoms with Crippen molar-refractivity contribution in [3.63, 3.8) is 0 Å². The molecule has 1 fully saturated rings. The molecule has 3 aromatic carbocycles. The van der Waals surface area contributed by atoms with Gasteiger partial charge >= 0.3 is 0 Å². The summed E-state index contributed by atoms with van der Waals surface area (Å²) in [5, 5.41) is -0.0197. The average molecular weight is 654 g/mol. The van der Waals surface area contributed by atoms with Crippen molar-refractivity contribution in [2.45, 2.75) is 13.2 Å². The molecule has 0 aromatic heterocycles. The van der Waals surface area contributed by atoms with Crippen LogP contribution in [0.4, 0.5) is 9.18 Å². The van der Waals surface area contributed by atoms with E-state index in [2.05, 4.69) is 22.6 Å². The van der Waals surface area contributed by atoms with Gasteiger partial charge in [0.15, 0.2) is 23.0 Å². The number of imide groups is 1.